The normalized spacial score (nSPS) is 19.1. The first-order valence-corrected chi connectivity index (χ1v) is 4.56. The van der Waals surface area contributed by atoms with Gasteiger partial charge in [0.1, 0.15) is 5.82 Å². The van der Waals surface area contributed by atoms with Gasteiger partial charge in [-0.05, 0) is 12.1 Å². The first kappa shape index (κ1) is 10.3. The van der Waals surface area contributed by atoms with Crippen LogP contribution >= 0.6 is 0 Å². The summed E-state index contributed by atoms with van der Waals surface area (Å²) in [4.78, 5) is 21.0. The van der Waals surface area contributed by atoms with Crippen LogP contribution in [0, 0.1) is 15.9 Å². The van der Waals surface area contributed by atoms with Gasteiger partial charge in [-0.3, -0.25) is 10.1 Å². The number of nitrogens with zero attached hydrogens (tertiary/aromatic N) is 1. The minimum absolute atomic E-state index is 0.255. The number of nitro groups is 1. The Morgan fingerprint density at radius 2 is 2.25 bits per heavy atom. The third kappa shape index (κ3) is 1.79. The maximum atomic E-state index is 12.9. The number of hydrogen-bond acceptors (Lipinski definition) is 3. The molecule has 1 aromatic carbocycles. The van der Waals surface area contributed by atoms with Crippen molar-refractivity contribution in [1.29, 1.82) is 0 Å². The first-order chi connectivity index (χ1) is 7.58. The summed E-state index contributed by atoms with van der Waals surface area (Å²) in [5.74, 6) is -0.673. The van der Waals surface area contributed by atoms with E-state index < -0.39 is 16.8 Å². The van der Waals surface area contributed by atoms with Gasteiger partial charge in [0.15, 0.2) is 0 Å². The highest BCUT2D eigenvalue weighted by atomic mass is 19.1. The summed E-state index contributed by atoms with van der Waals surface area (Å²) in [6, 6.07) is 2.41. The van der Waals surface area contributed by atoms with Gasteiger partial charge in [0, 0.05) is 6.54 Å². The fourth-order valence-electron chi connectivity index (χ4n) is 1.61. The highest BCUT2D eigenvalue weighted by Gasteiger charge is 2.28. The fourth-order valence-corrected chi connectivity index (χ4v) is 1.61. The zero-order valence-corrected chi connectivity index (χ0v) is 8.07. The van der Waals surface area contributed by atoms with Crippen LogP contribution in [0.4, 0.5) is 14.9 Å². The Labute approximate surface area is 89.6 Å². The van der Waals surface area contributed by atoms with Gasteiger partial charge in [-0.25, -0.2) is 9.18 Å². The maximum Gasteiger partial charge on any atom is 0.315 e. The second-order valence-electron chi connectivity index (χ2n) is 3.37. The first-order valence-electron chi connectivity index (χ1n) is 4.56. The fraction of sp³-hybridized carbons (Fsp3) is 0.222. The van der Waals surface area contributed by atoms with Crippen LogP contribution in [-0.4, -0.2) is 17.5 Å². The van der Waals surface area contributed by atoms with Crippen LogP contribution in [-0.2, 0) is 0 Å². The molecule has 2 amide bonds. The van der Waals surface area contributed by atoms with Crippen LogP contribution < -0.4 is 10.6 Å². The summed E-state index contributed by atoms with van der Waals surface area (Å²) < 4.78 is 12.9. The molecule has 0 bridgehead atoms. The van der Waals surface area contributed by atoms with E-state index in [1.807, 2.05) is 0 Å². The highest BCUT2D eigenvalue weighted by Crippen LogP contribution is 2.26. The van der Waals surface area contributed by atoms with Gasteiger partial charge >= 0.3 is 6.03 Å². The lowest BCUT2D eigenvalue weighted by atomic mass is 10.1. The summed E-state index contributed by atoms with van der Waals surface area (Å²) in [5, 5.41) is 15.7. The van der Waals surface area contributed by atoms with Crippen LogP contribution in [0.2, 0.25) is 0 Å². The Bertz CT molecular complexity index is 463. The summed E-state index contributed by atoms with van der Waals surface area (Å²) in [6.45, 7) is 0.255. The predicted octanol–water partition coefficient (Wildman–Crippen LogP) is 1.09. The average molecular weight is 225 g/mol. The molecule has 0 aliphatic carbocycles. The molecule has 2 N–H and O–H groups in total. The van der Waals surface area contributed by atoms with Gasteiger partial charge in [-0.1, -0.05) is 0 Å². The SMILES string of the molecule is O=C1NC[C@@H](c2ccc(F)cc2[N+](=O)[O-])N1. The van der Waals surface area contributed by atoms with E-state index in [0.717, 1.165) is 12.1 Å². The zero-order valence-electron chi connectivity index (χ0n) is 8.07. The Hall–Kier alpha value is -2.18. The molecule has 1 fully saturated rings. The van der Waals surface area contributed by atoms with Crippen molar-refractivity contribution in [2.75, 3.05) is 6.54 Å². The number of hydrogen-bond donors (Lipinski definition) is 2. The number of halogens is 1. The van der Waals surface area contributed by atoms with Crippen molar-refractivity contribution in [2.24, 2.45) is 0 Å². The lowest BCUT2D eigenvalue weighted by Gasteiger charge is -2.09. The molecule has 2 rings (SSSR count). The van der Waals surface area contributed by atoms with Crippen molar-refractivity contribution in [2.45, 2.75) is 6.04 Å². The average Bonchev–Trinajstić information content (AvgIpc) is 2.64. The predicted molar refractivity (Wildman–Crippen MR) is 52.3 cm³/mol. The molecule has 1 saturated heterocycles. The third-order valence-corrected chi connectivity index (χ3v) is 2.34. The molecular weight excluding hydrogens is 217 g/mol. The Kier molecular flexibility index (Phi) is 2.43. The Balaban J connectivity index is 2.40. The Morgan fingerprint density at radius 3 is 2.81 bits per heavy atom. The van der Waals surface area contributed by atoms with Crippen molar-refractivity contribution < 1.29 is 14.1 Å². The number of nitrogens with one attached hydrogen (secondary N) is 2. The second-order valence-corrected chi connectivity index (χ2v) is 3.37. The van der Waals surface area contributed by atoms with Crippen molar-refractivity contribution in [3.05, 3.63) is 39.7 Å². The number of rotatable bonds is 2. The molecule has 1 aromatic rings. The van der Waals surface area contributed by atoms with E-state index >= 15 is 0 Å². The molecule has 0 spiro atoms. The molecule has 1 heterocycles. The molecule has 1 aliphatic heterocycles. The van der Waals surface area contributed by atoms with E-state index in [9.17, 15) is 19.3 Å². The maximum absolute atomic E-state index is 12.9. The van der Waals surface area contributed by atoms with E-state index in [1.165, 1.54) is 6.07 Å². The van der Waals surface area contributed by atoms with Gasteiger partial charge in [0.05, 0.1) is 22.6 Å². The number of amides is 2. The van der Waals surface area contributed by atoms with E-state index in [0.29, 0.717) is 5.56 Å². The monoisotopic (exact) mass is 225 g/mol. The third-order valence-electron chi connectivity index (χ3n) is 2.34. The van der Waals surface area contributed by atoms with Crippen molar-refractivity contribution in [1.82, 2.24) is 10.6 Å². The van der Waals surface area contributed by atoms with E-state index in [4.69, 9.17) is 0 Å². The molecule has 0 saturated carbocycles. The summed E-state index contributed by atoms with van der Waals surface area (Å²) in [6.07, 6.45) is 0. The van der Waals surface area contributed by atoms with E-state index in [2.05, 4.69) is 10.6 Å². The molecule has 1 aliphatic rings. The van der Waals surface area contributed by atoms with Gasteiger partial charge in [-0.2, -0.15) is 0 Å². The number of nitro benzene ring substituents is 1. The van der Waals surface area contributed by atoms with Gasteiger partial charge in [-0.15, -0.1) is 0 Å². The molecule has 0 unspecified atom stereocenters. The van der Waals surface area contributed by atoms with Crippen molar-refractivity contribution >= 4 is 11.7 Å². The van der Waals surface area contributed by atoms with Gasteiger partial charge in [0.2, 0.25) is 0 Å². The zero-order chi connectivity index (χ0) is 11.7. The number of benzene rings is 1. The Morgan fingerprint density at radius 1 is 1.50 bits per heavy atom. The molecule has 84 valence electrons. The van der Waals surface area contributed by atoms with Crippen molar-refractivity contribution in [3.63, 3.8) is 0 Å². The van der Waals surface area contributed by atoms with Crippen LogP contribution in [0.15, 0.2) is 18.2 Å². The standard InChI is InChI=1S/C9H8FN3O3/c10-5-1-2-6(8(3-5)13(15)16)7-4-11-9(14)12-7/h1-3,7H,4H2,(H2,11,12,14)/t7-/m0/s1. The molecule has 0 radical (unpaired) electrons. The highest BCUT2D eigenvalue weighted by molar-refractivity contribution is 5.77. The minimum atomic E-state index is -0.673. The number of carbonyl (C=O) groups is 1. The van der Waals surface area contributed by atoms with E-state index in [1.54, 1.807) is 0 Å². The molecular formula is C9H8FN3O3. The number of urea groups is 1. The minimum Gasteiger partial charge on any atom is -0.336 e. The molecule has 6 nitrogen and oxygen atoms in total. The lowest BCUT2D eigenvalue weighted by molar-refractivity contribution is -0.385. The van der Waals surface area contributed by atoms with Crippen molar-refractivity contribution in [3.8, 4) is 0 Å². The largest absolute Gasteiger partial charge is 0.336 e. The molecule has 0 aromatic heterocycles. The molecule has 16 heavy (non-hydrogen) atoms. The van der Waals surface area contributed by atoms with Gasteiger partial charge < -0.3 is 10.6 Å². The van der Waals surface area contributed by atoms with Gasteiger partial charge in [0.25, 0.3) is 5.69 Å². The number of carbonyl (C=O) groups excluding carboxylic acids is 1. The molecule has 1 atom stereocenters. The quantitative estimate of drug-likeness (QED) is 0.583. The topological polar surface area (TPSA) is 84.3 Å². The van der Waals surface area contributed by atoms with Crippen LogP contribution in [0.1, 0.15) is 11.6 Å². The lowest BCUT2D eigenvalue weighted by Crippen LogP contribution is -2.22. The summed E-state index contributed by atoms with van der Waals surface area (Å²) in [5.41, 5.74) is -0.0289. The molecule has 7 heteroatoms. The smallest absolute Gasteiger partial charge is 0.315 e. The van der Waals surface area contributed by atoms with E-state index in [-0.39, 0.29) is 18.3 Å². The van der Waals surface area contributed by atoms with Crippen LogP contribution in [0.3, 0.4) is 0 Å². The van der Waals surface area contributed by atoms with Crippen LogP contribution in [0.25, 0.3) is 0 Å². The summed E-state index contributed by atoms with van der Waals surface area (Å²) >= 11 is 0. The summed E-state index contributed by atoms with van der Waals surface area (Å²) in [7, 11) is 0. The second kappa shape index (κ2) is 3.76. The van der Waals surface area contributed by atoms with Crippen LogP contribution in [0.5, 0.6) is 0 Å².